The predicted octanol–water partition coefficient (Wildman–Crippen LogP) is 25.3. The van der Waals surface area contributed by atoms with Crippen molar-refractivity contribution in [2.75, 3.05) is 39.6 Å². The second-order valence-electron chi connectivity index (χ2n) is 31.6. The monoisotopic (exact) mass is 1510 g/mol. The number of aliphatic hydroxyl groups excluding tert-OH is 1. The number of rotatable bonds is 82. The van der Waals surface area contributed by atoms with Gasteiger partial charge in [0, 0.05) is 25.7 Å². The van der Waals surface area contributed by atoms with Gasteiger partial charge in [0.25, 0.3) is 0 Å². The average Bonchev–Trinajstić information content (AvgIpc) is 0.907. The van der Waals surface area contributed by atoms with Gasteiger partial charge in [0.15, 0.2) is 12.2 Å². The minimum absolute atomic E-state index is 0.107. The first-order valence-corrected chi connectivity index (χ1v) is 46.3. The Hall–Kier alpha value is -1.94. The van der Waals surface area contributed by atoms with Gasteiger partial charge in [-0.2, -0.15) is 0 Å². The maximum atomic E-state index is 13.1. The van der Waals surface area contributed by atoms with E-state index in [1.165, 1.54) is 250 Å². The molecule has 17 nitrogen and oxygen atoms in total. The molecule has 5 atom stereocenters. The molecule has 0 heterocycles. The van der Waals surface area contributed by atoms with Crippen LogP contribution in [0.2, 0.25) is 0 Å². The number of unbranched alkanes of at least 4 members (excludes halogenated alkanes) is 50. The number of carbonyl (C=O) groups is 4. The molecule has 612 valence electrons. The second-order valence-corrected chi connectivity index (χ2v) is 34.6. The van der Waals surface area contributed by atoms with E-state index in [1.807, 2.05) is 0 Å². The van der Waals surface area contributed by atoms with Crippen LogP contribution < -0.4 is 0 Å². The van der Waals surface area contributed by atoms with Crippen LogP contribution in [-0.2, 0) is 65.4 Å². The largest absolute Gasteiger partial charge is 0.472 e. The zero-order valence-electron chi connectivity index (χ0n) is 67.8. The highest BCUT2D eigenvalue weighted by Crippen LogP contribution is 2.45. The van der Waals surface area contributed by atoms with Crippen molar-refractivity contribution in [2.45, 2.75) is 458 Å². The molecule has 19 heteroatoms. The summed E-state index contributed by atoms with van der Waals surface area (Å²) in [6.07, 6.45) is 63.8. The van der Waals surface area contributed by atoms with Crippen molar-refractivity contribution in [1.82, 2.24) is 0 Å². The van der Waals surface area contributed by atoms with Crippen LogP contribution in [0, 0.1) is 17.8 Å². The molecular formula is C84H164O17P2. The van der Waals surface area contributed by atoms with E-state index in [1.54, 1.807) is 0 Å². The van der Waals surface area contributed by atoms with Crippen LogP contribution >= 0.6 is 15.6 Å². The molecule has 2 unspecified atom stereocenters. The lowest BCUT2D eigenvalue weighted by Crippen LogP contribution is -2.30. The summed E-state index contributed by atoms with van der Waals surface area (Å²) < 4.78 is 68.8. The van der Waals surface area contributed by atoms with E-state index in [4.69, 9.17) is 37.0 Å². The first kappa shape index (κ1) is 101. The quantitative estimate of drug-likeness (QED) is 0.0222. The Morgan fingerprint density at radius 3 is 0.660 bits per heavy atom. The summed E-state index contributed by atoms with van der Waals surface area (Å²) in [7, 11) is -9.93. The molecule has 0 saturated carbocycles. The average molecular weight is 1510 g/mol. The van der Waals surface area contributed by atoms with Crippen molar-refractivity contribution in [3.05, 3.63) is 0 Å². The molecule has 0 fully saturated rings. The minimum Gasteiger partial charge on any atom is -0.462 e. The van der Waals surface area contributed by atoms with E-state index in [9.17, 15) is 43.2 Å². The van der Waals surface area contributed by atoms with Crippen LogP contribution in [0.4, 0.5) is 0 Å². The molecule has 0 saturated heterocycles. The highest BCUT2D eigenvalue weighted by molar-refractivity contribution is 7.47. The number of hydrogen-bond acceptors (Lipinski definition) is 15. The molecule has 0 amide bonds. The van der Waals surface area contributed by atoms with Crippen molar-refractivity contribution in [3.63, 3.8) is 0 Å². The van der Waals surface area contributed by atoms with Gasteiger partial charge in [-0.15, -0.1) is 0 Å². The molecule has 0 aromatic heterocycles. The molecule has 0 bridgehead atoms. The standard InChI is InChI=1S/C84H164O17P2/c1-8-9-10-11-12-13-14-30-37-44-51-58-65-81(86)94-71-80(101-84(89)68-61-54-47-40-33-26-29-36-43-50-57-64-77(6)7)74-99-103(92,93)97-70-78(85)69-96-102(90,91)98-73-79(72-95-82(87)66-59-52-45-38-31-25-21-23-28-35-42-49-56-63-76(4)5)100-83(88)67-60-53-46-39-32-24-20-18-16-15-17-19-22-27-34-41-48-55-62-75(2)3/h75-80,85H,8-74H2,1-7H3,(H,90,91)(H,92,93)/t78-,79-,80-/m1/s1. The number of esters is 4. The van der Waals surface area contributed by atoms with Gasteiger partial charge in [-0.05, 0) is 43.4 Å². The molecule has 0 aromatic rings. The van der Waals surface area contributed by atoms with E-state index in [-0.39, 0.29) is 25.7 Å². The Labute approximate surface area is 632 Å². The fraction of sp³-hybridized carbons (Fsp3) is 0.952. The van der Waals surface area contributed by atoms with Gasteiger partial charge < -0.3 is 33.8 Å². The lowest BCUT2D eigenvalue weighted by atomic mass is 10.0. The van der Waals surface area contributed by atoms with Gasteiger partial charge in [-0.3, -0.25) is 37.3 Å². The van der Waals surface area contributed by atoms with Crippen LogP contribution in [0.3, 0.4) is 0 Å². The number of phosphoric acid groups is 2. The van der Waals surface area contributed by atoms with E-state index in [2.05, 4.69) is 48.5 Å². The van der Waals surface area contributed by atoms with Crippen LogP contribution in [-0.4, -0.2) is 96.7 Å². The summed E-state index contributed by atoms with van der Waals surface area (Å²) in [6, 6.07) is 0. The first-order chi connectivity index (χ1) is 49.7. The van der Waals surface area contributed by atoms with Gasteiger partial charge in [0.2, 0.25) is 0 Å². The Morgan fingerprint density at radius 2 is 0.447 bits per heavy atom. The van der Waals surface area contributed by atoms with Crippen molar-refractivity contribution < 1.29 is 80.2 Å². The number of carbonyl (C=O) groups excluding carboxylic acids is 4. The van der Waals surface area contributed by atoms with E-state index >= 15 is 0 Å². The van der Waals surface area contributed by atoms with E-state index in [0.717, 1.165) is 108 Å². The molecule has 0 radical (unpaired) electrons. The second kappa shape index (κ2) is 74.2. The number of phosphoric ester groups is 2. The molecule has 0 rings (SSSR count). The fourth-order valence-electron chi connectivity index (χ4n) is 13.0. The van der Waals surface area contributed by atoms with E-state index < -0.39 is 97.5 Å². The molecular weight excluding hydrogens is 1340 g/mol. The maximum absolute atomic E-state index is 13.1. The summed E-state index contributed by atoms with van der Waals surface area (Å²) in [5.74, 6) is 0.271. The minimum atomic E-state index is -4.96. The SMILES string of the molecule is CCCCCCCCCCCCCCC(=O)OC[C@H](COP(=O)(O)OC[C@H](O)COP(=O)(O)OC[C@@H](COC(=O)CCCCCCCCCCCCCCCC(C)C)OC(=O)CCCCCCCCCCCCCCCCCCCCC(C)C)OC(=O)CCCCCCCCCCCCCC(C)C. The Balaban J connectivity index is 5.25. The highest BCUT2D eigenvalue weighted by atomic mass is 31.2. The first-order valence-electron chi connectivity index (χ1n) is 43.3. The Kier molecular flexibility index (Phi) is 72.8. The van der Waals surface area contributed by atoms with Crippen LogP contribution in [0.25, 0.3) is 0 Å². The van der Waals surface area contributed by atoms with Gasteiger partial charge in [-0.1, -0.05) is 389 Å². The van der Waals surface area contributed by atoms with E-state index in [0.29, 0.717) is 25.7 Å². The third-order valence-corrected chi connectivity index (χ3v) is 21.5. The molecule has 103 heavy (non-hydrogen) atoms. The number of aliphatic hydroxyl groups is 1. The van der Waals surface area contributed by atoms with Crippen molar-refractivity contribution in [1.29, 1.82) is 0 Å². The number of hydrogen-bond donors (Lipinski definition) is 3. The van der Waals surface area contributed by atoms with Gasteiger partial charge in [-0.25, -0.2) is 9.13 Å². The zero-order chi connectivity index (χ0) is 75.8. The van der Waals surface area contributed by atoms with Crippen LogP contribution in [0.1, 0.15) is 440 Å². The molecule has 3 N–H and O–H groups in total. The number of ether oxygens (including phenoxy) is 4. The molecule has 0 aliphatic rings. The summed E-state index contributed by atoms with van der Waals surface area (Å²) >= 11 is 0. The lowest BCUT2D eigenvalue weighted by Gasteiger charge is -2.21. The van der Waals surface area contributed by atoms with Crippen molar-refractivity contribution in [2.24, 2.45) is 17.8 Å². The molecule has 0 aliphatic heterocycles. The topological polar surface area (TPSA) is 237 Å². The maximum Gasteiger partial charge on any atom is 0.472 e. The normalized spacial score (nSPS) is 13.9. The van der Waals surface area contributed by atoms with Gasteiger partial charge in [0.1, 0.15) is 19.3 Å². The molecule has 0 aromatic carbocycles. The third kappa shape index (κ3) is 78.0. The summed E-state index contributed by atoms with van der Waals surface area (Å²) in [5, 5.41) is 10.7. The summed E-state index contributed by atoms with van der Waals surface area (Å²) in [5.41, 5.74) is 0. The van der Waals surface area contributed by atoms with Crippen molar-refractivity contribution >= 4 is 39.5 Å². The third-order valence-electron chi connectivity index (χ3n) is 19.6. The lowest BCUT2D eigenvalue weighted by molar-refractivity contribution is -0.161. The summed E-state index contributed by atoms with van der Waals surface area (Å²) in [6.45, 7) is 12.0. The predicted molar refractivity (Wildman–Crippen MR) is 423 cm³/mol. The molecule has 0 spiro atoms. The molecule has 0 aliphatic carbocycles. The zero-order valence-corrected chi connectivity index (χ0v) is 69.6. The fourth-order valence-corrected chi connectivity index (χ4v) is 14.6. The Bertz CT molecular complexity index is 1990. The van der Waals surface area contributed by atoms with Crippen molar-refractivity contribution in [3.8, 4) is 0 Å². The smallest absolute Gasteiger partial charge is 0.462 e. The van der Waals surface area contributed by atoms with Crippen LogP contribution in [0.5, 0.6) is 0 Å². The van der Waals surface area contributed by atoms with Gasteiger partial charge >= 0.3 is 39.5 Å². The highest BCUT2D eigenvalue weighted by Gasteiger charge is 2.30. The summed E-state index contributed by atoms with van der Waals surface area (Å²) in [4.78, 5) is 73.2. The van der Waals surface area contributed by atoms with Crippen LogP contribution in [0.15, 0.2) is 0 Å². The Morgan fingerprint density at radius 1 is 0.262 bits per heavy atom. The van der Waals surface area contributed by atoms with Gasteiger partial charge in [0.05, 0.1) is 26.4 Å².